The zero-order valence-corrected chi connectivity index (χ0v) is 11.1. The van der Waals surface area contributed by atoms with Gasteiger partial charge in [0.15, 0.2) is 0 Å². The Morgan fingerprint density at radius 2 is 1.48 bits per heavy atom. The third-order valence-corrected chi connectivity index (χ3v) is 4.20. The molecule has 2 nitrogen and oxygen atoms in total. The molecule has 0 aliphatic heterocycles. The highest BCUT2D eigenvalue weighted by Gasteiger charge is 2.98. The third kappa shape index (κ3) is 2.00. The molecule has 11 heteroatoms. The molecule has 3 atom stereocenters. The molecular formula is C12H9F9O2. The Morgan fingerprint density at radius 1 is 1.00 bits per heavy atom. The van der Waals surface area contributed by atoms with Crippen LogP contribution in [0.3, 0.4) is 0 Å². The van der Waals surface area contributed by atoms with Crippen molar-refractivity contribution in [3.63, 3.8) is 0 Å². The SMILES string of the molecule is C=C(C(=O)OC1CCC2(F)C(F)(F)C(F)(F)C2(F)C1)C(F)(F)F. The summed E-state index contributed by atoms with van der Waals surface area (Å²) in [5.74, 6) is -12.7. The summed E-state index contributed by atoms with van der Waals surface area (Å²) in [6.07, 6.45) is -11.0. The summed E-state index contributed by atoms with van der Waals surface area (Å²) in [4.78, 5) is 11.1. The summed E-state index contributed by atoms with van der Waals surface area (Å²) >= 11 is 0. The monoisotopic (exact) mass is 356 g/mol. The lowest BCUT2D eigenvalue weighted by Gasteiger charge is -2.61. The number of hydrogen-bond acceptors (Lipinski definition) is 2. The number of rotatable bonds is 2. The first-order valence-electron chi connectivity index (χ1n) is 6.22. The van der Waals surface area contributed by atoms with Crippen LogP contribution >= 0.6 is 0 Å². The van der Waals surface area contributed by atoms with Crippen LogP contribution in [-0.4, -0.2) is 41.4 Å². The Morgan fingerprint density at radius 3 is 1.96 bits per heavy atom. The van der Waals surface area contributed by atoms with Crippen LogP contribution in [-0.2, 0) is 9.53 Å². The summed E-state index contributed by atoms with van der Waals surface area (Å²) in [7, 11) is 0. The molecule has 0 radical (unpaired) electrons. The fourth-order valence-electron chi connectivity index (χ4n) is 2.79. The van der Waals surface area contributed by atoms with E-state index in [4.69, 9.17) is 0 Å². The van der Waals surface area contributed by atoms with Crippen molar-refractivity contribution >= 4 is 5.97 Å². The quantitative estimate of drug-likeness (QED) is 0.426. The molecule has 2 fully saturated rings. The molecule has 132 valence electrons. The summed E-state index contributed by atoms with van der Waals surface area (Å²) in [5, 5.41) is 0. The van der Waals surface area contributed by atoms with Crippen LogP contribution in [0, 0.1) is 0 Å². The molecule has 0 bridgehead atoms. The zero-order chi connectivity index (χ0) is 18.1. The molecule has 0 aromatic rings. The van der Waals surface area contributed by atoms with Gasteiger partial charge in [0.05, 0.1) is 0 Å². The van der Waals surface area contributed by atoms with E-state index in [1.807, 2.05) is 0 Å². The first kappa shape index (κ1) is 17.9. The van der Waals surface area contributed by atoms with Gasteiger partial charge in [-0.05, 0) is 12.8 Å². The van der Waals surface area contributed by atoms with Gasteiger partial charge < -0.3 is 4.74 Å². The Balaban J connectivity index is 2.15. The van der Waals surface area contributed by atoms with Crippen molar-refractivity contribution in [2.24, 2.45) is 0 Å². The predicted octanol–water partition coefficient (Wildman–Crippen LogP) is 3.90. The number of carbonyl (C=O) groups excluding carboxylic acids is 1. The van der Waals surface area contributed by atoms with E-state index < -0.39 is 66.3 Å². The van der Waals surface area contributed by atoms with E-state index in [9.17, 15) is 44.3 Å². The minimum absolute atomic E-state index is 0.829. The van der Waals surface area contributed by atoms with E-state index in [1.165, 1.54) is 0 Å². The lowest BCUT2D eigenvalue weighted by atomic mass is 9.54. The molecule has 23 heavy (non-hydrogen) atoms. The first-order valence-corrected chi connectivity index (χ1v) is 6.22. The lowest BCUT2D eigenvalue weighted by molar-refractivity contribution is -0.449. The Bertz CT molecular complexity index is 555. The minimum atomic E-state index is -5.36. The molecule has 3 unspecified atom stereocenters. The van der Waals surface area contributed by atoms with Gasteiger partial charge in [0.2, 0.25) is 11.3 Å². The Hall–Kier alpha value is -1.42. The highest BCUT2D eigenvalue weighted by molar-refractivity contribution is 5.89. The number of fused-ring (bicyclic) bond motifs is 1. The number of hydrogen-bond donors (Lipinski definition) is 0. The van der Waals surface area contributed by atoms with Crippen molar-refractivity contribution < 1.29 is 49.0 Å². The van der Waals surface area contributed by atoms with E-state index >= 15 is 0 Å². The van der Waals surface area contributed by atoms with Gasteiger partial charge >= 0.3 is 24.0 Å². The fraction of sp³-hybridized carbons (Fsp3) is 0.750. The molecule has 0 heterocycles. The largest absolute Gasteiger partial charge is 0.459 e. The Kier molecular flexibility index (Phi) is 3.56. The smallest absolute Gasteiger partial charge is 0.422 e. The second-order valence-corrected chi connectivity index (χ2v) is 5.50. The lowest BCUT2D eigenvalue weighted by Crippen LogP contribution is -2.87. The van der Waals surface area contributed by atoms with Crippen LogP contribution in [0.4, 0.5) is 39.5 Å². The maximum atomic E-state index is 14.1. The van der Waals surface area contributed by atoms with Crippen LogP contribution in [0.25, 0.3) is 0 Å². The van der Waals surface area contributed by atoms with E-state index in [2.05, 4.69) is 11.3 Å². The number of halogens is 9. The van der Waals surface area contributed by atoms with Crippen molar-refractivity contribution in [2.75, 3.05) is 0 Å². The van der Waals surface area contributed by atoms with E-state index in [0.29, 0.717) is 0 Å². The Labute approximate surface area is 123 Å². The second kappa shape index (κ2) is 4.56. The van der Waals surface area contributed by atoms with Crippen LogP contribution in [0.15, 0.2) is 12.2 Å². The molecule has 2 aliphatic rings. The second-order valence-electron chi connectivity index (χ2n) is 5.50. The minimum Gasteiger partial charge on any atom is -0.459 e. The standard InChI is InChI=1S/C12H9F9O2/c1-5(10(15,16)17)7(22)23-6-2-3-8(13)9(14,4-6)12(20,21)11(8,18)19/h6H,1-4H2. The van der Waals surface area contributed by atoms with Gasteiger partial charge in [-0.25, -0.2) is 13.6 Å². The predicted molar refractivity (Wildman–Crippen MR) is 56.5 cm³/mol. The molecular weight excluding hydrogens is 347 g/mol. The summed E-state index contributed by atoms with van der Waals surface area (Å²) in [6, 6.07) is 0. The molecule has 2 saturated carbocycles. The maximum absolute atomic E-state index is 14.1. The van der Waals surface area contributed by atoms with Crippen molar-refractivity contribution in [1.29, 1.82) is 0 Å². The van der Waals surface area contributed by atoms with Gasteiger partial charge in [-0.1, -0.05) is 6.58 Å². The molecule has 2 rings (SSSR count). The highest BCUT2D eigenvalue weighted by Crippen LogP contribution is 2.72. The molecule has 0 saturated heterocycles. The molecule has 0 spiro atoms. The van der Waals surface area contributed by atoms with E-state index in [0.717, 1.165) is 0 Å². The van der Waals surface area contributed by atoms with Gasteiger partial charge in [0.1, 0.15) is 11.7 Å². The van der Waals surface area contributed by atoms with Gasteiger partial charge in [-0.3, -0.25) is 0 Å². The summed E-state index contributed by atoms with van der Waals surface area (Å²) in [5.41, 5.74) is -10.5. The van der Waals surface area contributed by atoms with Crippen LogP contribution in [0.1, 0.15) is 19.3 Å². The normalized spacial score (nSPS) is 38.2. The molecule has 2 aliphatic carbocycles. The van der Waals surface area contributed by atoms with Crippen molar-refractivity contribution in [1.82, 2.24) is 0 Å². The molecule has 0 N–H and O–H groups in total. The number of carbonyl (C=O) groups is 1. The van der Waals surface area contributed by atoms with E-state index in [1.54, 1.807) is 0 Å². The molecule has 0 aromatic carbocycles. The topological polar surface area (TPSA) is 26.3 Å². The number of alkyl halides is 9. The first-order chi connectivity index (χ1) is 10.1. The number of esters is 1. The molecule has 0 amide bonds. The van der Waals surface area contributed by atoms with E-state index in [-0.39, 0.29) is 0 Å². The molecule has 0 aromatic heterocycles. The zero-order valence-electron chi connectivity index (χ0n) is 11.1. The maximum Gasteiger partial charge on any atom is 0.422 e. The van der Waals surface area contributed by atoms with Crippen LogP contribution < -0.4 is 0 Å². The highest BCUT2D eigenvalue weighted by atomic mass is 19.4. The van der Waals surface area contributed by atoms with Gasteiger partial charge in [0.25, 0.3) is 0 Å². The third-order valence-electron chi connectivity index (χ3n) is 4.20. The summed E-state index contributed by atoms with van der Waals surface area (Å²) in [6.45, 7) is 2.39. The van der Waals surface area contributed by atoms with Gasteiger partial charge in [0, 0.05) is 6.42 Å². The van der Waals surface area contributed by atoms with Gasteiger partial charge in [-0.2, -0.15) is 30.7 Å². The van der Waals surface area contributed by atoms with Gasteiger partial charge in [-0.15, -0.1) is 0 Å². The van der Waals surface area contributed by atoms with Crippen molar-refractivity contribution in [2.45, 2.75) is 54.7 Å². The summed E-state index contributed by atoms with van der Waals surface area (Å²) < 4.78 is 122. The average Bonchev–Trinajstić information content (AvgIpc) is 2.40. The van der Waals surface area contributed by atoms with Crippen LogP contribution in [0.2, 0.25) is 0 Å². The average molecular weight is 356 g/mol. The van der Waals surface area contributed by atoms with Crippen LogP contribution in [0.5, 0.6) is 0 Å². The fourth-order valence-corrected chi connectivity index (χ4v) is 2.79. The number of ether oxygens (including phenoxy) is 1. The van der Waals surface area contributed by atoms with Crippen molar-refractivity contribution in [3.05, 3.63) is 12.2 Å². The van der Waals surface area contributed by atoms with Crippen molar-refractivity contribution in [3.8, 4) is 0 Å².